The first kappa shape index (κ1) is 13.8. The molecule has 3 nitrogen and oxygen atoms in total. The van der Waals surface area contributed by atoms with Crippen molar-refractivity contribution in [2.24, 2.45) is 0 Å². The Morgan fingerprint density at radius 2 is 1.62 bits per heavy atom. The van der Waals surface area contributed by atoms with Gasteiger partial charge in [0.05, 0.1) is 17.5 Å². The van der Waals surface area contributed by atoms with Crippen LogP contribution in [0.2, 0.25) is 0 Å². The molecule has 3 aromatic rings. The normalized spacial score (nSPS) is 12.2. The van der Waals surface area contributed by atoms with E-state index in [1.165, 1.54) is 11.5 Å². The molecular formula is C17H15NO2S. The molecule has 1 heterocycles. The van der Waals surface area contributed by atoms with Crippen LogP contribution in [0.1, 0.15) is 11.7 Å². The van der Waals surface area contributed by atoms with E-state index in [0.717, 1.165) is 16.0 Å². The van der Waals surface area contributed by atoms with Gasteiger partial charge in [0.15, 0.2) is 0 Å². The van der Waals surface area contributed by atoms with Crippen molar-refractivity contribution in [3.63, 3.8) is 0 Å². The number of hydrogen-bond donors (Lipinski definition) is 1. The van der Waals surface area contributed by atoms with Crippen molar-refractivity contribution < 1.29 is 5.11 Å². The van der Waals surface area contributed by atoms with Crippen molar-refractivity contribution in [2.45, 2.75) is 12.6 Å². The minimum absolute atomic E-state index is 0.0752. The molecule has 106 valence electrons. The molecule has 1 N–H and O–H groups in total. The van der Waals surface area contributed by atoms with Gasteiger partial charge < -0.3 is 5.11 Å². The van der Waals surface area contributed by atoms with Gasteiger partial charge in [0.25, 0.3) is 5.56 Å². The number of rotatable bonds is 4. The monoisotopic (exact) mass is 297 g/mol. The molecule has 0 spiro atoms. The predicted octanol–water partition coefficient (Wildman–Crippen LogP) is 3.31. The van der Waals surface area contributed by atoms with Gasteiger partial charge in [0.1, 0.15) is 0 Å². The third-order valence-electron chi connectivity index (χ3n) is 3.29. The van der Waals surface area contributed by atoms with Crippen LogP contribution in [0, 0.1) is 0 Å². The van der Waals surface area contributed by atoms with E-state index in [-0.39, 0.29) is 12.1 Å². The summed E-state index contributed by atoms with van der Waals surface area (Å²) in [6.07, 6.45) is -0.675. The molecule has 0 radical (unpaired) electrons. The maximum absolute atomic E-state index is 12.0. The van der Waals surface area contributed by atoms with E-state index < -0.39 is 6.10 Å². The molecule has 0 aliphatic heterocycles. The Bertz CT molecular complexity index is 762. The summed E-state index contributed by atoms with van der Waals surface area (Å²) in [7, 11) is 0. The Labute approximate surface area is 126 Å². The Morgan fingerprint density at radius 3 is 2.29 bits per heavy atom. The van der Waals surface area contributed by atoms with Crippen molar-refractivity contribution in [1.82, 2.24) is 3.96 Å². The second-order valence-electron chi connectivity index (χ2n) is 4.79. The van der Waals surface area contributed by atoms with Gasteiger partial charge in [-0.3, -0.25) is 8.75 Å². The van der Waals surface area contributed by atoms with E-state index in [1.54, 1.807) is 10.0 Å². The number of hydrogen-bond acceptors (Lipinski definition) is 3. The zero-order valence-corrected chi connectivity index (χ0v) is 12.2. The third kappa shape index (κ3) is 3.12. The minimum Gasteiger partial charge on any atom is -0.387 e. The second kappa shape index (κ2) is 6.08. The van der Waals surface area contributed by atoms with Crippen LogP contribution >= 0.6 is 11.5 Å². The highest BCUT2D eigenvalue weighted by Crippen LogP contribution is 2.23. The number of benzene rings is 2. The van der Waals surface area contributed by atoms with Gasteiger partial charge in [0.2, 0.25) is 0 Å². The fourth-order valence-corrected chi connectivity index (χ4v) is 3.17. The topological polar surface area (TPSA) is 42.2 Å². The van der Waals surface area contributed by atoms with Gasteiger partial charge in [-0.25, -0.2) is 0 Å². The van der Waals surface area contributed by atoms with Crippen molar-refractivity contribution in [3.05, 3.63) is 82.6 Å². The third-order valence-corrected chi connectivity index (χ3v) is 4.39. The maximum atomic E-state index is 12.0. The summed E-state index contributed by atoms with van der Waals surface area (Å²) in [5.74, 6) is 0. The van der Waals surface area contributed by atoms with E-state index in [1.807, 2.05) is 60.7 Å². The largest absolute Gasteiger partial charge is 0.387 e. The average molecular weight is 297 g/mol. The second-order valence-corrected chi connectivity index (χ2v) is 5.85. The predicted molar refractivity (Wildman–Crippen MR) is 85.4 cm³/mol. The maximum Gasteiger partial charge on any atom is 0.261 e. The lowest BCUT2D eigenvalue weighted by Gasteiger charge is -2.10. The number of nitrogens with zero attached hydrogens (tertiary/aromatic N) is 1. The molecule has 0 saturated heterocycles. The van der Waals surface area contributed by atoms with Crippen LogP contribution in [-0.4, -0.2) is 9.06 Å². The molecule has 4 heteroatoms. The van der Waals surface area contributed by atoms with Gasteiger partial charge in [-0.1, -0.05) is 72.2 Å². The first-order chi connectivity index (χ1) is 10.2. The van der Waals surface area contributed by atoms with Gasteiger partial charge in [0, 0.05) is 6.07 Å². The lowest BCUT2D eigenvalue weighted by molar-refractivity contribution is 0.159. The van der Waals surface area contributed by atoms with Crippen LogP contribution in [0.15, 0.2) is 71.5 Å². The number of aliphatic hydroxyl groups is 1. The molecule has 1 unspecified atom stereocenters. The summed E-state index contributed by atoms with van der Waals surface area (Å²) in [5, 5.41) is 10.2. The van der Waals surface area contributed by atoms with E-state index in [9.17, 15) is 9.90 Å². The van der Waals surface area contributed by atoms with Crippen molar-refractivity contribution in [2.75, 3.05) is 0 Å². The highest BCUT2D eigenvalue weighted by molar-refractivity contribution is 7.10. The Hall–Kier alpha value is -2.17. The molecular weight excluding hydrogens is 282 g/mol. The summed E-state index contributed by atoms with van der Waals surface area (Å²) in [4.78, 5) is 13.0. The molecule has 2 aromatic carbocycles. The highest BCUT2D eigenvalue weighted by Gasteiger charge is 2.12. The quantitative estimate of drug-likeness (QED) is 0.803. The smallest absolute Gasteiger partial charge is 0.261 e. The molecule has 0 amide bonds. The summed E-state index contributed by atoms with van der Waals surface area (Å²) in [6, 6.07) is 20.8. The molecule has 21 heavy (non-hydrogen) atoms. The van der Waals surface area contributed by atoms with E-state index >= 15 is 0 Å². The lowest BCUT2D eigenvalue weighted by Crippen LogP contribution is -2.16. The first-order valence-electron chi connectivity index (χ1n) is 6.73. The number of aromatic nitrogens is 1. The van der Waals surface area contributed by atoms with Crippen molar-refractivity contribution >= 4 is 11.5 Å². The summed E-state index contributed by atoms with van der Waals surface area (Å²) < 4.78 is 1.60. The lowest BCUT2D eigenvalue weighted by atomic mass is 10.1. The molecule has 0 fully saturated rings. The SMILES string of the molecule is O=c1cc(-c2ccccc2)sn1CC(O)c1ccccc1. The van der Waals surface area contributed by atoms with Crippen LogP contribution < -0.4 is 5.56 Å². The molecule has 0 aliphatic carbocycles. The molecule has 1 aromatic heterocycles. The molecule has 0 bridgehead atoms. The van der Waals surface area contributed by atoms with Gasteiger partial charge in [-0.15, -0.1) is 0 Å². The zero-order valence-electron chi connectivity index (χ0n) is 11.3. The molecule has 0 saturated carbocycles. The summed E-state index contributed by atoms with van der Waals surface area (Å²) in [5.41, 5.74) is 1.76. The average Bonchev–Trinajstić information content (AvgIpc) is 2.90. The van der Waals surface area contributed by atoms with E-state index in [2.05, 4.69) is 0 Å². The zero-order chi connectivity index (χ0) is 14.7. The molecule has 0 aliphatic rings. The Kier molecular flexibility index (Phi) is 3.99. The molecule has 3 rings (SSSR count). The van der Waals surface area contributed by atoms with Crippen LogP contribution in [0.25, 0.3) is 10.4 Å². The summed E-state index contributed by atoms with van der Waals surface area (Å²) >= 11 is 1.38. The number of aliphatic hydroxyl groups excluding tert-OH is 1. The molecule has 1 atom stereocenters. The Morgan fingerprint density at radius 1 is 1.00 bits per heavy atom. The van der Waals surface area contributed by atoms with Crippen molar-refractivity contribution in [3.8, 4) is 10.4 Å². The van der Waals surface area contributed by atoms with E-state index in [4.69, 9.17) is 0 Å². The van der Waals surface area contributed by atoms with Gasteiger partial charge in [-0.05, 0) is 11.1 Å². The van der Waals surface area contributed by atoms with Gasteiger partial charge in [-0.2, -0.15) is 0 Å². The van der Waals surface area contributed by atoms with Crippen LogP contribution in [-0.2, 0) is 6.54 Å². The first-order valence-corrected chi connectivity index (χ1v) is 7.51. The van der Waals surface area contributed by atoms with Gasteiger partial charge >= 0.3 is 0 Å². The highest BCUT2D eigenvalue weighted by atomic mass is 32.1. The van der Waals surface area contributed by atoms with Crippen LogP contribution in [0.4, 0.5) is 0 Å². The Balaban J connectivity index is 1.84. The summed E-state index contributed by atoms with van der Waals surface area (Å²) in [6.45, 7) is 0.278. The van der Waals surface area contributed by atoms with Crippen LogP contribution in [0.5, 0.6) is 0 Å². The minimum atomic E-state index is -0.675. The fourth-order valence-electron chi connectivity index (χ4n) is 2.18. The standard InChI is InChI=1S/C17H15NO2S/c19-15(13-7-3-1-4-8-13)12-18-17(20)11-16(21-18)14-9-5-2-6-10-14/h1-11,15,19H,12H2. The van der Waals surface area contributed by atoms with Crippen molar-refractivity contribution in [1.29, 1.82) is 0 Å². The fraction of sp³-hybridized carbons (Fsp3) is 0.118. The van der Waals surface area contributed by atoms with E-state index in [0.29, 0.717) is 0 Å². The van der Waals surface area contributed by atoms with Crippen LogP contribution in [0.3, 0.4) is 0 Å².